The first-order chi connectivity index (χ1) is 18.0. The maximum atomic E-state index is 14.1. The van der Waals surface area contributed by atoms with Crippen LogP contribution in [0.4, 0.5) is 0 Å². The molecule has 8 heteroatoms. The summed E-state index contributed by atoms with van der Waals surface area (Å²) in [5, 5.41) is 3.22. The van der Waals surface area contributed by atoms with Crippen molar-refractivity contribution in [2.24, 2.45) is 0 Å². The molecular weight excluding hydrogens is 500 g/mol. The first-order valence-corrected chi connectivity index (χ1v) is 13.2. The molecule has 1 aliphatic rings. The SMILES string of the molecule is CCOC(=O)C1=C(C)NC(=S)N(C(=O)/C(C)=C/c2ccccc2OC(C)C)C1c1ccccc1OC(C)C. The lowest BCUT2D eigenvalue weighted by Gasteiger charge is -2.39. The zero-order valence-corrected chi connectivity index (χ0v) is 23.8. The molecule has 0 saturated carbocycles. The highest BCUT2D eigenvalue weighted by Crippen LogP contribution is 2.40. The van der Waals surface area contributed by atoms with Gasteiger partial charge in [-0.25, -0.2) is 4.79 Å². The number of benzene rings is 2. The molecule has 1 aliphatic heterocycles. The molecule has 0 bridgehead atoms. The van der Waals surface area contributed by atoms with E-state index in [9.17, 15) is 9.59 Å². The summed E-state index contributed by atoms with van der Waals surface area (Å²) in [6, 6.07) is 14.0. The summed E-state index contributed by atoms with van der Waals surface area (Å²) in [4.78, 5) is 28.7. The molecular formula is C30H36N2O5S. The van der Waals surface area contributed by atoms with Gasteiger partial charge in [0.05, 0.1) is 24.4 Å². The lowest BCUT2D eigenvalue weighted by Crippen LogP contribution is -2.51. The molecule has 1 heterocycles. The van der Waals surface area contributed by atoms with Crippen LogP contribution < -0.4 is 14.8 Å². The predicted molar refractivity (Wildman–Crippen MR) is 153 cm³/mol. The van der Waals surface area contributed by atoms with Crippen molar-refractivity contribution in [3.63, 3.8) is 0 Å². The number of rotatable bonds is 9. The molecule has 0 aliphatic carbocycles. The Morgan fingerprint density at radius 2 is 1.58 bits per heavy atom. The van der Waals surface area contributed by atoms with Gasteiger partial charge in [0.15, 0.2) is 5.11 Å². The molecule has 2 aromatic rings. The van der Waals surface area contributed by atoms with Crippen LogP contribution in [0.2, 0.25) is 0 Å². The van der Waals surface area contributed by atoms with Gasteiger partial charge < -0.3 is 19.5 Å². The smallest absolute Gasteiger partial charge is 0.338 e. The molecule has 1 amide bonds. The number of allylic oxidation sites excluding steroid dienone is 1. The van der Waals surface area contributed by atoms with Crippen LogP contribution >= 0.6 is 12.2 Å². The van der Waals surface area contributed by atoms with Gasteiger partial charge in [-0.15, -0.1) is 0 Å². The second-order valence-corrected chi connectivity index (χ2v) is 9.89. The monoisotopic (exact) mass is 536 g/mol. The minimum absolute atomic E-state index is 0.0264. The standard InChI is InChI=1S/C30H36N2O5S/c1-8-35-29(34)26-21(7)31-30(38)32(27(26)23-14-10-12-16-25(23)37-19(4)5)28(33)20(6)17-22-13-9-11-15-24(22)36-18(2)3/h9-19,27H,8H2,1-7H3,(H,31,38)/b20-17+. The summed E-state index contributed by atoms with van der Waals surface area (Å²) < 4.78 is 17.4. The maximum Gasteiger partial charge on any atom is 0.338 e. The largest absolute Gasteiger partial charge is 0.491 e. The van der Waals surface area contributed by atoms with Crippen LogP contribution in [0.25, 0.3) is 6.08 Å². The average Bonchev–Trinajstić information content (AvgIpc) is 2.84. The van der Waals surface area contributed by atoms with E-state index in [1.807, 2.05) is 76.2 Å². The number of ether oxygens (including phenoxy) is 3. The molecule has 0 fully saturated rings. The van der Waals surface area contributed by atoms with E-state index < -0.39 is 12.0 Å². The fraction of sp³-hybridized carbons (Fsp3) is 0.367. The van der Waals surface area contributed by atoms with Crippen LogP contribution in [0.1, 0.15) is 65.6 Å². The summed E-state index contributed by atoms with van der Waals surface area (Å²) in [5.74, 6) is 0.339. The van der Waals surface area contributed by atoms with Gasteiger partial charge in [-0.3, -0.25) is 9.69 Å². The third kappa shape index (κ3) is 6.61. The average molecular weight is 537 g/mol. The van der Waals surface area contributed by atoms with Gasteiger partial charge in [0.2, 0.25) is 0 Å². The van der Waals surface area contributed by atoms with Gasteiger partial charge in [-0.2, -0.15) is 0 Å². The Balaban J connectivity index is 2.16. The van der Waals surface area contributed by atoms with E-state index in [-0.39, 0.29) is 29.8 Å². The maximum absolute atomic E-state index is 14.1. The number of carbonyl (C=O) groups is 2. The lowest BCUT2D eigenvalue weighted by atomic mass is 9.92. The Labute approximate surface area is 230 Å². The van der Waals surface area contributed by atoms with E-state index in [2.05, 4.69) is 5.32 Å². The zero-order chi connectivity index (χ0) is 28.0. The Bertz CT molecular complexity index is 1260. The Morgan fingerprint density at radius 1 is 1.00 bits per heavy atom. The number of para-hydroxylation sites is 2. The molecule has 1 atom stereocenters. The van der Waals surface area contributed by atoms with E-state index in [0.717, 1.165) is 5.56 Å². The normalized spacial score (nSPS) is 16.0. The molecule has 0 saturated heterocycles. The van der Waals surface area contributed by atoms with Crippen molar-refractivity contribution < 1.29 is 23.8 Å². The minimum Gasteiger partial charge on any atom is -0.491 e. The second kappa shape index (κ2) is 12.7. The van der Waals surface area contributed by atoms with Crippen LogP contribution in [-0.2, 0) is 14.3 Å². The number of amides is 1. The summed E-state index contributed by atoms with van der Waals surface area (Å²) in [6.45, 7) is 13.1. The topological polar surface area (TPSA) is 77.1 Å². The molecule has 3 rings (SSSR count). The van der Waals surface area contributed by atoms with Crippen molar-refractivity contribution in [2.45, 2.75) is 66.7 Å². The summed E-state index contributed by atoms with van der Waals surface area (Å²) in [5.41, 5.74) is 2.64. The van der Waals surface area contributed by atoms with Crippen molar-refractivity contribution in [2.75, 3.05) is 6.61 Å². The van der Waals surface area contributed by atoms with Gasteiger partial charge in [0.25, 0.3) is 5.91 Å². The summed E-state index contributed by atoms with van der Waals surface area (Å²) in [6.07, 6.45) is 1.62. The van der Waals surface area contributed by atoms with E-state index in [0.29, 0.717) is 33.9 Å². The molecule has 0 spiro atoms. The predicted octanol–water partition coefficient (Wildman–Crippen LogP) is 5.96. The molecule has 38 heavy (non-hydrogen) atoms. The molecule has 0 radical (unpaired) electrons. The number of thiocarbonyl (C=S) groups is 1. The van der Waals surface area contributed by atoms with Crippen molar-refractivity contribution in [3.05, 3.63) is 76.5 Å². The minimum atomic E-state index is -0.851. The lowest BCUT2D eigenvalue weighted by molar-refractivity contribution is -0.139. The highest BCUT2D eigenvalue weighted by Gasteiger charge is 2.41. The first-order valence-electron chi connectivity index (χ1n) is 12.8. The number of hydrogen-bond donors (Lipinski definition) is 1. The Kier molecular flexibility index (Phi) is 9.69. The quantitative estimate of drug-likeness (QED) is 0.241. The van der Waals surface area contributed by atoms with Gasteiger partial charge in [0.1, 0.15) is 17.5 Å². The van der Waals surface area contributed by atoms with E-state index >= 15 is 0 Å². The summed E-state index contributed by atoms with van der Waals surface area (Å²) >= 11 is 5.67. The zero-order valence-electron chi connectivity index (χ0n) is 23.0. The fourth-order valence-corrected chi connectivity index (χ4v) is 4.57. The van der Waals surface area contributed by atoms with Gasteiger partial charge in [-0.05, 0) is 78.9 Å². The fourth-order valence-electron chi connectivity index (χ4n) is 4.23. The van der Waals surface area contributed by atoms with Crippen molar-refractivity contribution >= 4 is 35.3 Å². The molecule has 0 aromatic heterocycles. The molecule has 202 valence electrons. The van der Waals surface area contributed by atoms with Crippen LogP contribution in [-0.4, -0.2) is 40.7 Å². The second-order valence-electron chi connectivity index (χ2n) is 9.50. The van der Waals surface area contributed by atoms with E-state index in [1.165, 1.54) is 4.90 Å². The van der Waals surface area contributed by atoms with Gasteiger partial charge >= 0.3 is 5.97 Å². The number of hydrogen-bond acceptors (Lipinski definition) is 6. The van der Waals surface area contributed by atoms with Crippen LogP contribution in [0.3, 0.4) is 0 Å². The third-order valence-corrected chi connectivity index (χ3v) is 6.03. The van der Waals surface area contributed by atoms with Crippen LogP contribution in [0.5, 0.6) is 11.5 Å². The summed E-state index contributed by atoms with van der Waals surface area (Å²) in [7, 11) is 0. The van der Waals surface area contributed by atoms with Crippen molar-refractivity contribution in [3.8, 4) is 11.5 Å². The number of esters is 1. The highest BCUT2D eigenvalue weighted by molar-refractivity contribution is 7.80. The number of carbonyl (C=O) groups excluding carboxylic acids is 2. The van der Waals surface area contributed by atoms with E-state index in [4.69, 9.17) is 26.4 Å². The first kappa shape index (κ1) is 28.9. The van der Waals surface area contributed by atoms with Crippen LogP contribution in [0.15, 0.2) is 65.4 Å². The van der Waals surface area contributed by atoms with Crippen LogP contribution in [0, 0.1) is 0 Å². The van der Waals surface area contributed by atoms with Gasteiger partial charge in [0, 0.05) is 22.4 Å². The number of nitrogens with one attached hydrogen (secondary N) is 1. The third-order valence-electron chi connectivity index (χ3n) is 5.73. The highest BCUT2D eigenvalue weighted by atomic mass is 32.1. The molecule has 2 aromatic carbocycles. The van der Waals surface area contributed by atoms with Gasteiger partial charge in [-0.1, -0.05) is 36.4 Å². The number of nitrogens with zero attached hydrogens (tertiary/aromatic N) is 1. The molecule has 1 N–H and O–H groups in total. The van der Waals surface area contributed by atoms with E-state index in [1.54, 1.807) is 26.8 Å². The molecule has 1 unspecified atom stereocenters. The molecule has 7 nitrogen and oxygen atoms in total. The van der Waals surface area contributed by atoms with Crippen molar-refractivity contribution in [1.29, 1.82) is 0 Å². The Morgan fingerprint density at radius 3 is 2.21 bits per heavy atom. The van der Waals surface area contributed by atoms with Crippen molar-refractivity contribution in [1.82, 2.24) is 10.2 Å². The Hall–Kier alpha value is -3.65.